The Kier molecular flexibility index (Phi) is 4.74. The molecular formula is C25H26O2. The number of benzene rings is 2. The first-order valence-corrected chi connectivity index (χ1v) is 9.29. The van der Waals surface area contributed by atoms with Crippen LogP contribution in [0.1, 0.15) is 73.7 Å². The maximum Gasteiger partial charge on any atom is 0.335 e. The highest BCUT2D eigenvalue weighted by Gasteiger charge is 2.32. The van der Waals surface area contributed by atoms with Gasteiger partial charge in [-0.2, -0.15) is 0 Å². The molecule has 1 aliphatic carbocycles. The van der Waals surface area contributed by atoms with E-state index in [-0.39, 0.29) is 16.4 Å². The van der Waals surface area contributed by atoms with E-state index >= 15 is 0 Å². The Morgan fingerprint density at radius 2 is 1.59 bits per heavy atom. The summed E-state index contributed by atoms with van der Waals surface area (Å²) in [5, 5.41) is 8.98. The van der Waals surface area contributed by atoms with E-state index in [1.54, 1.807) is 24.3 Å². The minimum atomic E-state index is -0.922. The quantitative estimate of drug-likeness (QED) is 0.645. The standard InChI is InChI=1S/C25H26O2/c1-24(2,3)21-14-15-25(4,5)22-16-18(10-13-20(21)22)7-6-17-8-11-19(12-9-17)23(26)27/h8-14,16H,15H2,1-5H3,(H,26,27). The Morgan fingerprint density at radius 3 is 2.19 bits per heavy atom. The van der Waals surface area contributed by atoms with Crippen molar-refractivity contribution in [3.63, 3.8) is 0 Å². The molecule has 3 rings (SSSR count). The first-order chi connectivity index (χ1) is 12.6. The number of fused-ring (bicyclic) bond motifs is 1. The second-order valence-electron chi connectivity index (χ2n) is 8.85. The third kappa shape index (κ3) is 3.98. The Balaban J connectivity index is 1.97. The number of hydrogen-bond acceptors (Lipinski definition) is 1. The molecule has 0 spiro atoms. The minimum Gasteiger partial charge on any atom is -0.478 e. The van der Waals surface area contributed by atoms with Crippen LogP contribution in [0.15, 0.2) is 48.5 Å². The Bertz CT molecular complexity index is 972. The molecule has 1 N–H and O–H groups in total. The van der Waals surface area contributed by atoms with Crippen molar-refractivity contribution in [2.24, 2.45) is 5.41 Å². The number of rotatable bonds is 1. The molecule has 0 radical (unpaired) electrons. The van der Waals surface area contributed by atoms with Crippen molar-refractivity contribution in [3.05, 3.63) is 76.4 Å². The fourth-order valence-corrected chi connectivity index (χ4v) is 3.54. The van der Waals surface area contributed by atoms with Crippen molar-refractivity contribution in [1.82, 2.24) is 0 Å². The van der Waals surface area contributed by atoms with Crippen LogP contribution < -0.4 is 0 Å². The molecule has 27 heavy (non-hydrogen) atoms. The highest BCUT2D eigenvalue weighted by atomic mass is 16.4. The second kappa shape index (κ2) is 6.74. The summed E-state index contributed by atoms with van der Waals surface area (Å²) in [5.74, 6) is 5.46. The molecule has 2 heteroatoms. The molecule has 138 valence electrons. The molecule has 1 aliphatic rings. The van der Waals surface area contributed by atoms with Crippen molar-refractivity contribution in [2.75, 3.05) is 0 Å². The van der Waals surface area contributed by atoms with Crippen LogP contribution >= 0.6 is 0 Å². The van der Waals surface area contributed by atoms with Crippen molar-refractivity contribution in [2.45, 2.75) is 46.5 Å². The second-order valence-corrected chi connectivity index (χ2v) is 8.85. The van der Waals surface area contributed by atoms with Gasteiger partial charge in [-0.05, 0) is 70.3 Å². The van der Waals surface area contributed by atoms with Gasteiger partial charge in [-0.25, -0.2) is 4.79 Å². The minimum absolute atomic E-state index is 0.0882. The largest absolute Gasteiger partial charge is 0.478 e. The zero-order chi connectivity index (χ0) is 19.8. The van der Waals surface area contributed by atoms with E-state index in [2.05, 4.69) is 70.7 Å². The smallest absolute Gasteiger partial charge is 0.335 e. The van der Waals surface area contributed by atoms with E-state index in [0.717, 1.165) is 17.5 Å². The van der Waals surface area contributed by atoms with Crippen molar-refractivity contribution in [1.29, 1.82) is 0 Å². The maximum atomic E-state index is 10.9. The first-order valence-electron chi connectivity index (χ1n) is 9.29. The summed E-state index contributed by atoms with van der Waals surface area (Å²) >= 11 is 0. The molecule has 0 aliphatic heterocycles. The molecule has 0 heterocycles. The summed E-state index contributed by atoms with van der Waals surface area (Å²) in [5.41, 5.74) is 6.36. The van der Waals surface area contributed by atoms with Crippen LogP contribution in [0.2, 0.25) is 0 Å². The van der Waals surface area contributed by atoms with E-state index in [9.17, 15) is 4.79 Å². The van der Waals surface area contributed by atoms with Crippen molar-refractivity contribution in [3.8, 4) is 11.8 Å². The van der Waals surface area contributed by atoms with Gasteiger partial charge in [0.1, 0.15) is 0 Å². The lowest BCUT2D eigenvalue weighted by atomic mass is 9.68. The van der Waals surface area contributed by atoms with E-state index in [4.69, 9.17) is 5.11 Å². The maximum absolute atomic E-state index is 10.9. The predicted molar refractivity (Wildman–Crippen MR) is 111 cm³/mol. The van der Waals surface area contributed by atoms with Gasteiger partial charge in [-0.15, -0.1) is 0 Å². The lowest BCUT2D eigenvalue weighted by molar-refractivity contribution is 0.0697. The molecule has 2 nitrogen and oxygen atoms in total. The van der Waals surface area contributed by atoms with Gasteiger partial charge >= 0.3 is 5.97 Å². The lowest BCUT2D eigenvalue weighted by Gasteiger charge is -2.36. The van der Waals surface area contributed by atoms with E-state index in [1.165, 1.54) is 16.7 Å². The summed E-state index contributed by atoms with van der Waals surface area (Å²) in [6.07, 6.45) is 3.41. The van der Waals surface area contributed by atoms with Crippen LogP contribution in [0.25, 0.3) is 5.57 Å². The molecule has 0 aromatic heterocycles. The number of allylic oxidation sites excluding steroid dienone is 2. The SMILES string of the molecule is CC(C)(C)C1=CCC(C)(C)c2cc(C#Cc3ccc(C(=O)O)cc3)ccc21. The lowest BCUT2D eigenvalue weighted by Crippen LogP contribution is -2.25. The van der Waals surface area contributed by atoms with Crippen LogP contribution in [-0.2, 0) is 5.41 Å². The highest BCUT2D eigenvalue weighted by molar-refractivity contribution is 5.87. The molecule has 0 saturated heterocycles. The summed E-state index contributed by atoms with van der Waals surface area (Å²) in [7, 11) is 0. The number of carboxylic acid groups (broad SMARTS) is 1. The molecule has 0 bridgehead atoms. The number of carbonyl (C=O) groups is 1. The summed E-state index contributed by atoms with van der Waals surface area (Å²) in [6, 6.07) is 13.2. The molecule has 0 fully saturated rings. The van der Waals surface area contributed by atoms with Crippen LogP contribution in [0.4, 0.5) is 0 Å². The predicted octanol–water partition coefficient (Wildman–Crippen LogP) is 5.90. The van der Waals surface area contributed by atoms with Crippen LogP contribution in [-0.4, -0.2) is 11.1 Å². The fourth-order valence-electron chi connectivity index (χ4n) is 3.54. The van der Waals surface area contributed by atoms with Gasteiger partial charge in [-0.3, -0.25) is 0 Å². The van der Waals surface area contributed by atoms with Gasteiger partial charge in [0.25, 0.3) is 0 Å². The average molecular weight is 358 g/mol. The topological polar surface area (TPSA) is 37.3 Å². The number of hydrogen-bond donors (Lipinski definition) is 1. The zero-order valence-corrected chi connectivity index (χ0v) is 16.7. The van der Waals surface area contributed by atoms with Gasteiger partial charge in [0, 0.05) is 11.1 Å². The van der Waals surface area contributed by atoms with Crippen molar-refractivity contribution >= 4 is 11.5 Å². The zero-order valence-electron chi connectivity index (χ0n) is 16.7. The third-order valence-corrected chi connectivity index (χ3v) is 5.15. The van der Waals surface area contributed by atoms with Gasteiger partial charge in [0.05, 0.1) is 5.56 Å². The molecule has 2 aromatic carbocycles. The molecule has 0 atom stereocenters. The summed E-state index contributed by atoms with van der Waals surface area (Å²) in [4.78, 5) is 10.9. The monoisotopic (exact) mass is 358 g/mol. The van der Waals surface area contributed by atoms with Crippen LogP contribution in [0, 0.1) is 17.3 Å². The summed E-state index contributed by atoms with van der Waals surface area (Å²) in [6.45, 7) is 11.3. The van der Waals surface area contributed by atoms with Gasteiger partial charge in [-0.1, -0.05) is 58.6 Å². The van der Waals surface area contributed by atoms with E-state index < -0.39 is 5.97 Å². The first kappa shape index (κ1) is 19.0. The summed E-state index contributed by atoms with van der Waals surface area (Å²) < 4.78 is 0. The third-order valence-electron chi connectivity index (χ3n) is 5.15. The van der Waals surface area contributed by atoms with E-state index in [0.29, 0.717) is 0 Å². The van der Waals surface area contributed by atoms with Gasteiger partial charge in [0.2, 0.25) is 0 Å². The van der Waals surface area contributed by atoms with E-state index in [1.807, 2.05) is 0 Å². The fraction of sp³-hybridized carbons (Fsp3) is 0.320. The molecule has 0 amide bonds. The molecular weight excluding hydrogens is 332 g/mol. The molecule has 0 saturated carbocycles. The number of aromatic carboxylic acids is 1. The van der Waals surface area contributed by atoms with Crippen LogP contribution in [0.3, 0.4) is 0 Å². The molecule has 0 unspecified atom stereocenters. The molecule has 2 aromatic rings. The van der Waals surface area contributed by atoms with Crippen molar-refractivity contribution < 1.29 is 9.90 Å². The average Bonchev–Trinajstić information content (AvgIpc) is 2.59. The van der Waals surface area contributed by atoms with Gasteiger partial charge < -0.3 is 5.11 Å². The highest BCUT2D eigenvalue weighted by Crippen LogP contribution is 2.45. The number of carboxylic acids is 1. The van der Waals surface area contributed by atoms with Crippen LogP contribution in [0.5, 0.6) is 0 Å². The Morgan fingerprint density at radius 1 is 1.00 bits per heavy atom. The normalized spacial score (nSPS) is 15.2. The Hall–Kier alpha value is -2.79. The Labute approximate surface area is 161 Å². The van der Waals surface area contributed by atoms with Gasteiger partial charge in [0.15, 0.2) is 0 Å².